The monoisotopic (exact) mass is 353 g/mol. The van der Waals surface area contributed by atoms with Gasteiger partial charge in [0.15, 0.2) is 0 Å². The molecule has 1 unspecified atom stereocenters. The van der Waals surface area contributed by atoms with E-state index in [9.17, 15) is 9.50 Å². The number of quaternary nitrogens is 1. The molecule has 0 aliphatic rings. The second-order valence-corrected chi connectivity index (χ2v) is 6.90. The van der Waals surface area contributed by atoms with Crippen molar-refractivity contribution in [2.24, 2.45) is 0 Å². The Morgan fingerprint density at radius 2 is 1.73 bits per heavy atom. The summed E-state index contributed by atoms with van der Waals surface area (Å²) in [5.41, 5.74) is 3.38. The maximum atomic E-state index is 13.5. The van der Waals surface area contributed by atoms with Crippen molar-refractivity contribution in [1.29, 1.82) is 0 Å². The lowest BCUT2D eigenvalue weighted by atomic mass is 10.2. The van der Waals surface area contributed by atoms with E-state index in [-0.39, 0.29) is 11.9 Å². The van der Waals surface area contributed by atoms with Gasteiger partial charge in [0.25, 0.3) is 0 Å². The van der Waals surface area contributed by atoms with Crippen LogP contribution in [0, 0.1) is 5.82 Å². The molecule has 2 atom stereocenters. The summed E-state index contributed by atoms with van der Waals surface area (Å²) >= 11 is 0. The highest BCUT2D eigenvalue weighted by atomic mass is 19.1. The maximum absolute atomic E-state index is 13.5. The van der Waals surface area contributed by atoms with Crippen LogP contribution in [0.3, 0.4) is 0 Å². The number of nitrogens with one attached hydrogen (secondary N) is 1. The molecular weight excluding hydrogens is 327 g/mol. The van der Waals surface area contributed by atoms with E-state index in [1.54, 1.807) is 12.1 Å². The lowest BCUT2D eigenvalue weighted by Gasteiger charge is -2.22. The highest BCUT2D eigenvalue weighted by Gasteiger charge is 2.16. The summed E-state index contributed by atoms with van der Waals surface area (Å²) in [5, 5.41) is 9.90. The number of hydrogen-bond acceptors (Lipinski definition) is 1. The fourth-order valence-electron chi connectivity index (χ4n) is 3.36. The summed E-state index contributed by atoms with van der Waals surface area (Å²) in [6.45, 7) is 4.82. The van der Waals surface area contributed by atoms with Crippen LogP contribution >= 0.6 is 0 Å². The zero-order chi connectivity index (χ0) is 18.4. The first-order valence-corrected chi connectivity index (χ1v) is 9.04. The summed E-state index contributed by atoms with van der Waals surface area (Å²) in [5.74, 6) is -0.207. The molecule has 0 bridgehead atoms. The fourth-order valence-corrected chi connectivity index (χ4v) is 3.36. The highest BCUT2D eigenvalue weighted by Crippen LogP contribution is 2.09. The third-order valence-corrected chi connectivity index (χ3v) is 4.48. The van der Waals surface area contributed by atoms with Gasteiger partial charge in [0, 0.05) is 18.3 Å². The first-order valence-electron chi connectivity index (χ1n) is 9.04. The average Bonchev–Trinajstić information content (AvgIpc) is 3.02. The van der Waals surface area contributed by atoms with Gasteiger partial charge in [0.2, 0.25) is 0 Å². The Kier molecular flexibility index (Phi) is 6.21. The van der Waals surface area contributed by atoms with Crippen LogP contribution in [0.15, 0.2) is 72.9 Å². The molecule has 26 heavy (non-hydrogen) atoms. The SMILES string of the molecule is C[C@H](O)C[NH+](Cc1ccccc1)Cc1cccn1Cc1cccc(F)c1. The first-order chi connectivity index (χ1) is 12.6. The number of hydrogen-bond donors (Lipinski definition) is 2. The zero-order valence-electron chi connectivity index (χ0n) is 15.1. The van der Waals surface area contributed by atoms with Crippen LogP contribution in [0.4, 0.5) is 4.39 Å². The van der Waals surface area contributed by atoms with Crippen LogP contribution < -0.4 is 4.90 Å². The average molecular weight is 353 g/mol. The van der Waals surface area contributed by atoms with Crippen LogP contribution in [-0.2, 0) is 19.6 Å². The zero-order valence-corrected chi connectivity index (χ0v) is 15.1. The summed E-state index contributed by atoms with van der Waals surface area (Å²) < 4.78 is 15.6. The van der Waals surface area contributed by atoms with E-state index in [0.29, 0.717) is 13.1 Å². The first kappa shape index (κ1) is 18.4. The number of benzene rings is 2. The van der Waals surface area contributed by atoms with Gasteiger partial charge in [0.05, 0.1) is 5.69 Å². The van der Waals surface area contributed by atoms with Crippen LogP contribution in [0.25, 0.3) is 0 Å². The Balaban J connectivity index is 1.73. The minimum Gasteiger partial charge on any atom is -0.388 e. The Hall–Kier alpha value is -2.43. The molecule has 2 aromatic carbocycles. The van der Waals surface area contributed by atoms with Crippen molar-refractivity contribution in [2.45, 2.75) is 32.7 Å². The number of nitrogens with zero attached hydrogens (tertiary/aromatic N) is 1. The van der Waals surface area contributed by atoms with Crippen molar-refractivity contribution >= 4 is 0 Å². The number of aromatic nitrogens is 1. The molecule has 3 aromatic rings. The lowest BCUT2D eigenvalue weighted by Crippen LogP contribution is -3.10. The molecule has 0 radical (unpaired) electrons. The molecule has 0 spiro atoms. The quantitative estimate of drug-likeness (QED) is 0.641. The van der Waals surface area contributed by atoms with Crippen molar-refractivity contribution < 1.29 is 14.4 Å². The van der Waals surface area contributed by atoms with Crippen LogP contribution in [-0.4, -0.2) is 22.3 Å². The largest absolute Gasteiger partial charge is 0.388 e. The van der Waals surface area contributed by atoms with Gasteiger partial charge < -0.3 is 14.6 Å². The number of rotatable bonds is 8. The van der Waals surface area contributed by atoms with Gasteiger partial charge in [-0.15, -0.1) is 0 Å². The van der Waals surface area contributed by atoms with E-state index >= 15 is 0 Å². The van der Waals surface area contributed by atoms with Crippen molar-refractivity contribution in [3.63, 3.8) is 0 Å². The molecular formula is C22H26FN2O+. The van der Waals surface area contributed by atoms with Crippen molar-refractivity contribution in [2.75, 3.05) is 6.54 Å². The lowest BCUT2D eigenvalue weighted by molar-refractivity contribution is -0.930. The van der Waals surface area contributed by atoms with Gasteiger partial charge in [-0.25, -0.2) is 4.39 Å². The van der Waals surface area contributed by atoms with E-state index in [0.717, 1.165) is 18.7 Å². The van der Waals surface area contributed by atoms with Gasteiger partial charge >= 0.3 is 0 Å². The van der Waals surface area contributed by atoms with Crippen molar-refractivity contribution in [3.8, 4) is 0 Å². The molecule has 3 nitrogen and oxygen atoms in total. The van der Waals surface area contributed by atoms with E-state index in [4.69, 9.17) is 0 Å². The highest BCUT2D eigenvalue weighted by molar-refractivity contribution is 5.18. The molecule has 2 N–H and O–H groups in total. The molecule has 0 fully saturated rings. The molecule has 136 valence electrons. The van der Waals surface area contributed by atoms with E-state index in [2.05, 4.69) is 22.8 Å². The molecule has 4 heteroatoms. The molecule has 0 aliphatic heterocycles. The summed E-state index contributed by atoms with van der Waals surface area (Å²) in [6.07, 6.45) is 1.67. The predicted octanol–water partition coefficient (Wildman–Crippen LogP) is 2.64. The molecule has 0 aliphatic carbocycles. The maximum Gasteiger partial charge on any atom is 0.123 e. The molecule has 1 aromatic heterocycles. The van der Waals surface area contributed by atoms with E-state index in [1.807, 2.05) is 43.5 Å². The summed E-state index contributed by atoms with van der Waals surface area (Å²) in [7, 11) is 0. The van der Waals surface area contributed by atoms with E-state index in [1.165, 1.54) is 22.2 Å². The van der Waals surface area contributed by atoms with Gasteiger partial charge in [-0.1, -0.05) is 42.5 Å². The van der Waals surface area contributed by atoms with Gasteiger partial charge in [0.1, 0.15) is 31.6 Å². The minimum absolute atomic E-state index is 0.207. The fraction of sp³-hybridized carbons (Fsp3) is 0.273. The standard InChI is InChI=1S/C22H25FN2O/c1-18(26)14-24(15-19-7-3-2-4-8-19)17-22-11-6-12-25(22)16-20-9-5-10-21(23)13-20/h2-13,18,26H,14-17H2,1H3/p+1/t18-/m0/s1. The smallest absolute Gasteiger partial charge is 0.123 e. The van der Waals surface area contributed by atoms with E-state index < -0.39 is 0 Å². The minimum atomic E-state index is -0.361. The Morgan fingerprint density at radius 3 is 2.46 bits per heavy atom. The topological polar surface area (TPSA) is 29.6 Å². The number of halogens is 1. The number of aliphatic hydroxyl groups is 1. The summed E-state index contributed by atoms with van der Waals surface area (Å²) in [6, 6.07) is 21.2. The second-order valence-electron chi connectivity index (χ2n) is 6.90. The molecule has 0 amide bonds. The Labute approximate surface area is 154 Å². The predicted molar refractivity (Wildman–Crippen MR) is 101 cm³/mol. The summed E-state index contributed by atoms with van der Waals surface area (Å²) in [4.78, 5) is 1.30. The molecule has 0 saturated carbocycles. The Morgan fingerprint density at radius 1 is 0.962 bits per heavy atom. The molecule has 3 rings (SSSR count). The Bertz CT molecular complexity index is 814. The van der Waals surface area contributed by atoms with Crippen molar-refractivity contribution in [3.05, 3.63) is 95.6 Å². The van der Waals surface area contributed by atoms with Gasteiger partial charge in [-0.3, -0.25) is 0 Å². The molecule has 1 heterocycles. The van der Waals surface area contributed by atoms with Gasteiger partial charge in [-0.2, -0.15) is 0 Å². The van der Waals surface area contributed by atoms with Crippen LogP contribution in [0.1, 0.15) is 23.7 Å². The second kappa shape index (κ2) is 8.79. The number of aliphatic hydroxyl groups excluding tert-OH is 1. The van der Waals surface area contributed by atoms with Crippen LogP contribution in [0.2, 0.25) is 0 Å². The van der Waals surface area contributed by atoms with Crippen molar-refractivity contribution in [1.82, 2.24) is 4.57 Å². The normalized spacial score (nSPS) is 13.5. The third-order valence-electron chi connectivity index (χ3n) is 4.48. The molecule has 0 saturated heterocycles. The van der Waals surface area contributed by atoms with Crippen LogP contribution in [0.5, 0.6) is 0 Å². The van der Waals surface area contributed by atoms with Gasteiger partial charge in [-0.05, 0) is 36.8 Å². The third kappa shape index (κ3) is 5.28.